The molecule has 13 heteroatoms. The number of halogens is 1. The molecule has 0 aliphatic heterocycles. The second-order valence-corrected chi connectivity index (χ2v) is 11.4. The van der Waals surface area contributed by atoms with Crippen molar-refractivity contribution in [1.82, 2.24) is 4.98 Å². The van der Waals surface area contributed by atoms with Crippen LogP contribution in [0.2, 0.25) is 0 Å². The Morgan fingerprint density at radius 1 is 0.833 bits per heavy atom. The van der Waals surface area contributed by atoms with Crippen LogP contribution in [-0.4, -0.2) is 60.8 Å². The molecule has 0 spiro atoms. The van der Waals surface area contributed by atoms with Crippen LogP contribution >= 0.6 is 22.7 Å². The first-order valence-corrected chi connectivity index (χ1v) is 14.6. The Kier molecular flexibility index (Phi) is 10.1. The maximum atomic E-state index is 15.4. The fourth-order valence-corrected chi connectivity index (χ4v) is 6.05. The summed E-state index contributed by atoms with van der Waals surface area (Å²) in [5.74, 6) is -1.61. The first-order valence-electron chi connectivity index (χ1n) is 12.9. The Morgan fingerprint density at radius 2 is 1.45 bits per heavy atom. The molecule has 0 amide bonds. The minimum absolute atomic E-state index is 0.0648. The lowest BCUT2D eigenvalue weighted by Gasteiger charge is -2.13. The highest BCUT2D eigenvalue weighted by Gasteiger charge is 2.21. The van der Waals surface area contributed by atoms with Gasteiger partial charge in [0.2, 0.25) is 0 Å². The van der Waals surface area contributed by atoms with Gasteiger partial charge in [0.05, 0.1) is 53.8 Å². The van der Waals surface area contributed by atoms with Crippen LogP contribution < -0.4 is 18.9 Å². The van der Waals surface area contributed by atoms with E-state index in [2.05, 4.69) is 4.98 Å². The van der Waals surface area contributed by atoms with E-state index in [-0.39, 0.29) is 79.0 Å². The Bertz CT molecular complexity index is 1660. The highest BCUT2D eigenvalue weighted by molar-refractivity contribution is 7.21. The van der Waals surface area contributed by atoms with Gasteiger partial charge in [-0.1, -0.05) is 0 Å². The largest absolute Gasteiger partial charge is 0.493 e. The molecule has 3 aromatic heterocycles. The van der Waals surface area contributed by atoms with E-state index in [1.165, 1.54) is 38.5 Å². The number of rotatable bonds is 16. The molecule has 4 rings (SSSR count). The molecular weight excluding hydrogens is 589 g/mol. The Labute approximate surface area is 248 Å². The molecule has 0 bridgehead atoms. The van der Waals surface area contributed by atoms with Crippen LogP contribution in [0.3, 0.4) is 0 Å². The SMILES string of the molecule is COc1cc2sc(C(=O)CCC(=O)O)cc2nc1OCCCOc1c(OC)cc2sc(C(=O)CCC(C)=O)cc2c1F. The molecule has 1 N–H and O–H groups in total. The number of carboxylic acid groups (broad SMARTS) is 1. The zero-order valence-electron chi connectivity index (χ0n) is 23.1. The first kappa shape index (κ1) is 30.8. The normalized spacial score (nSPS) is 11.0. The van der Waals surface area contributed by atoms with Gasteiger partial charge in [0.1, 0.15) is 5.78 Å². The second-order valence-electron chi connectivity index (χ2n) is 9.23. The molecule has 0 saturated carbocycles. The van der Waals surface area contributed by atoms with E-state index in [1.54, 1.807) is 18.2 Å². The molecule has 0 atom stereocenters. The number of hydrogen-bond acceptors (Lipinski definition) is 11. The topological polar surface area (TPSA) is 138 Å². The summed E-state index contributed by atoms with van der Waals surface area (Å²) in [4.78, 5) is 52.0. The van der Waals surface area contributed by atoms with E-state index in [9.17, 15) is 19.2 Å². The van der Waals surface area contributed by atoms with Gasteiger partial charge in [-0.15, -0.1) is 22.7 Å². The van der Waals surface area contributed by atoms with Gasteiger partial charge in [-0.3, -0.25) is 14.4 Å². The van der Waals surface area contributed by atoms with Gasteiger partial charge in [-0.25, -0.2) is 9.37 Å². The number of methoxy groups -OCH3 is 2. The quantitative estimate of drug-likeness (QED) is 0.116. The lowest BCUT2D eigenvalue weighted by atomic mass is 10.1. The van der Waals surface area contributed by atoms with Crippen LogP contribution in [-0.2, 0) is 9.59 Å². The molecular formula is C29H28FNO9S2. The van der Waals surface area contributed by atoms with Crippen molar-refractivity contribution in [3.05, 3.63) is 39.8 Å². The predicted molar refractivity (Wildman–Crippen MR) is 156 cm³/mol. The number of benzene rings is 1. The van der Waals surface area contributed by atoms with Crippen LogP contribution in [0.1, 0.15) is 58.4 Å². The molecule has 42 heavy (non-hydrogen) atoms. The molecule has 222 valence electrons. The molecule has 0 saturated heterocycles. The average Bonchev–Trinajstić information content (AvgIpc) is 3.59. The van der Waals surface area contributed by atoms with Crippen molar-refractivity contribution in [2.45, 2.75) is 39.0 Å². The van der Waals surface area contributed by atoms with Crippen LogP contribution in [0.25, 0.3) is 20.3 Å². The van der Waals surface area contributed by atoms with Gasteiger partial charge < -0.3 is 28.8 Å². The van der Waals surface area contributed by atoms with Crippen LogP contribution in [0.5, 0.6) is 23.1 Å². The summed E-state index contributed by atoms with van der Waals surface area (Å²) >= 11 is 2.33. The highest BCUT2D eigenvalue weighted by atomic mass is 32.1. The number of Topliss-reactive ketones (excluding diaryl/α,β-unsaturated/α-hetero) is 3. The maximum Gasteiger partial charge on any atom is 0.303 e. The summed E-state index contributed by atoms with van der Waals surface area (Å²) in [5, 5.41) is 9.06. The van der Waals surface area contributed by atoms with Crippen molar-refractivity contribution < 1.29 is 47.6 Å². The van der Waals surface area contributed by atoms with Gasteiger partial charge in [0, 0.05) is 47.9 Å². The Morgan fingerprint density at radius 3 is 2.12 bits per heavy atom. The van der Waals surface area contributed by atoms with Gasteiger partial charge >= 0.3 is 5.97 Å². The number of ketones is 3. The van der Waals surface area contributed by atoms with Crippen LogP contribution in [0, 0.1) is 5.82 Å². The van der Waals surface area contributed by atoms with Crippen molar-refractivity contribution >= 4 is 66.3 Å². The summed E-state index contributed by atoms with van der Waals surface area (Å²) < 4.78 is 38.8. The van der Waals surface area contributed by atoms with Crippen molar-refractivity contribution in [3.8, 4) is 23.1 Å². The van der Waals surface area contributed by atoms with Crippen LogP contribution in [0.15, 0.2) is 24.3 Å². The minimum Gasteiger partial charge on any atom is -0.493 e. The number of pyridine rings is 1. The molecule has 0 aliphatic rings. The lowest BCUT2D eigenvalue weighted by Crippen LogP contribution is -2.08. The summed E-state index contributed by atoms with van der Waals surface area (Å²) in [6.07, 6.45) is 0.195. The number of fused-ring (bicyclic) bond motifs is 2. The van der Waals surface area contributed by atoms with E-state index in [0.29, 0.717) is 36.8 Å². The number of carbonyl (C=O) groups is 4. The number of carboxylic acids is 1. The number of carbonyl (C=O) groups excluding carboxylic acids is 3. The molecule has 10 nitrogen and oxygen atoms in total. The highest BCUT2D eigenvalue weighted by Crippen LogP contribution is 2.40. The number of ether oxygens (including phenoxy) is 4. The van der Waals surface area contributed by atoms with Gasteiger partial charge in [-0.2, -0.15) is 0 Å². The van der Waals surface area contributed by atoms with Gasteiger partial charge in [-0.05, 0) is 19.1 Å². The standard InChI is InChI=1S/C29H28FNO9S2/c1-15(32)5-6-18(33)24-11-16-22(41-24)13-20(37-2)28(27(16)30)39-9-4-10-40-29-21(38-3)14-23-17(31-29)12-25(42-23)19(34)7-8-26(35)36/h11-14H,4-10H2,1-3H3,(H,35,36). The zero-order valence-corrected chi connectivity index (χ0v) is 24.7. The second kappa shape index (κ2) is 13.7. The van der Waals surface area contributed by atoms with Gasteiger partial charge in [0.25, 0.3) is 5.88 Å². The number of hydrogen-bond donors (Lipinski definition) is 1. The third-order valence-corrected chi connectivity index (χ3v) is 8.39. The molecule has 0 radical (unpaired) electrons. The van der Waals surface area contributed by atoms with E-state index >= 15 is 4.39 Å². The Hall–Kier alpha value is -4.10. The fourth-order valence-electron chi connectivity index (χ4n) is 4.00. The third-order valence-electron chi connectivity index (χ3n) is 6.15. The van der Waals surface area contributed by atoms with E-state index in [4.69, 9.17) is 24.1 Å². The monoisotopic (exact) mass is 617 g/mol. The summed E-state index contributed by atoms with van der Waals surface area (Å²) in [7, 11) is 2.86. The molecule has 0 unspecified atom stereocenters. The molecule has 1 aromatic carbocycles. The van der Waals surface area contributed by atoms with Crippen LogP contribution in [0.4, 0.5) is 4.39 Å². The summed E-state index contributed by atoms with van der Waals surface area (Å²) in [6, 6.07) is 6.37. The Balaban J connectivity index is 1.40. The molecule has 0 fully saturated rings. The maximum absolute atomic E-state index is 15.4. The number of nitrogens with zero attached hydrogens (tertiary/aromatic N) is 1. The first-order chi connectivity index (χ1) is 20.1. The average molecular weight is 618 g/mol. The van der Waals surface area contributed by atoms with Gasteiger partial charge in [0.15, 0.2) is 34.6 Å². The molecule has 0 aliphatic carbocycles. The van der Waals surface area contributed by atoms with E-state index < -0.39 is 11.8 Å². The summed E-state index contributed by atoms with van der Waals surface area (Å²) in [6.45, 7) is 1.65. The zero-order chi connectivity index (χ0) is 30.4. The van der Waals surface area contributed by atoms with Crippen molar-refractivity contribution in [2.24, 2.45) is 0 Å². The number of aliphatic carboxylic acids is 1. The third kappa shape index (κ3) is 7.21. The molecule has 3 heterocycles. The lowest BCUT2D eigenvalue weighted by molar-refractivity contribution is -0.137. The predicted octanol–water partition coefficient (Wildman–Crippen LogP) is 6.11. The van der Waals surface area contributed by atoms with E-state index in [1.807, 2.05) is 0 Å². The number of aromatic nitrogens is 1. The number of thiophene rings is 2. The van der Waals surface area contributed by atoms with Crippen molar-refractivity contribution in [2.75, 3.05) is 27.4 Å². The smallest absolute Gasteiger partial charge is 0.303 e. The summed E-state index contributed by atoms with van der Waals surface area (Å²) in [5.41, 5.74) is 0.515. The van der Waals surface area contributed by atoms with Crippen molar-refractivity contribution in [1.29, 1.82) is 0 Å². The van der Waals surface area contributed by atoms with E-state index in [0.717, 1.165) is 11.3 Å². The fraction of sp³-hybridized carbons (Fsp3) is 0.345. The van der Waals surface area contributed by atoms with Crippen molar-refractivity contribution in [3.63, 3.8) is 0 Å². The minimum atomic E-state index is -1.04. The molecule has 4 aromatic rings.